The number of rotatable bonds is 4. The second-order valence-corrected chi connectivity index (χ2v) is 6.99. The van der Waals surface area contributed by atoms with E-state index in [-0.39, 0.29) is 37.3 Å². The molecule has 0 saturated carbocycles. The van der Waals surface area contributed by atoms with Gasteiger partial charge in [0.2, 0.25) is 0 Å². The predicted octanol–water partition coefficient (Wildman–Crippen LogP) is 5.34. The van der Waals surface area contributed by atoms with Gasteiger partial charge in [-0.2, -0.15) is 13.2 Å². The summed E-state index contributed by atoms with van der Waals surface area (Å²) >= 11 is 6.83. The van der Waals surface area contributed by atoms with Gasteiger partial charge >= 0.3 is 6.18 Å². The van der Waals surface area contributed by atoms with E-state index in [4.69, 9.17) is 0 Å². The minimum Gasteiger partial charge on any atom is -0.314 e. The van der Waals surface area contributed by atoms with Crippen LogP contribution < -0.4 is 5.32 Å². The van der Waals surface area contributed by atoms with Crippen molar-refractivity contribution in [2.24, 2.45) is 0 Å². The molecule has 0 aliphatic carbocycles. The van der Waals surface area contributed by atoms with Gasteiger partial charge in [0.25, 0.3) is 0 Å². The van der Waals surface area contributed by atoms with Gasteiger partial charge in [0.15, 0.2) is 0 Å². The van der Waals surface area contributed by atoms with Gasteiger partial charge in [-0.25, -0.2) is 0 Å². The van der Waals surface area contributed by atoms with Crippen molar-refractivity contribution in [1.29, 1.82) is 0 Å². The van der Waals surface area contributed by atoms with Crippen molar-refractivity contribution in [1.82, 2.24) is 10.2 Å². The third-order valence-corrected chi connectivity index (χ3v) is 4.48. The highest BCUT2D eigenvalue weighted by molar-refractivity contribution is 9.11. The van der Waals surface area contributed by atoms with E-state index >= 15 is 0 Å². The van der Waals surface area contributed by atoms with Crippen LogP contribution in [-0.2, 0) is 0 Å². The van der Waals surface area contributed by atoms with E-state index in [2.05, 4.69) is 42.1 Å². The van der Waals surface area contributed by atoms with Gasteiger partial charge < -0.3 is 5.32 Å². The van der Waals surface area contributed by atoms with Crippen LogP contribution in [0.25, 0.3) is 0 Å². The number of hydrogen-bond acceptors (Lipinski definition) is 2. The van der Waals surface area contributed by atoms with Crippen LogP contribution in [0.15, 0.2) is 27.1 Å². The molecule has 9 heteroatoms. The van der Waals surface area contributed by atoms with Gasteiger partial charge in [0, 0.05) is 47.6 Å². The fraction of sp³-hybridized carbons (Fsp3) is 0.571. The van der Waals surface area contributed by atoms with Crippen LogP contribution in [0.5, 0.6) is 0 Å². The van der Waals surface area contributed by atoms with Crippen molar-refractivity contribution in [3.8, 4) is 0 Å². The van der Waals surface area contributed by atoms with Gasteiger partial charge in [0.05, 0.1) is 0 Å². The topological polar surface area (TPSA) is 15.3 Å². The van der Waals surface area contributed by atoms with Gasteiger partial charge in [-0.15, -0.1) is 24.8 Å². The lowest BCUT2D eigenvalue weighted by atomic mass is 9.99. The highest BCUT2D eigenvalue weighted by atomic mass is 79.9. The van der Waals surface area contributed by atoms with Gasteiger partial charge in [-0.05, 0) is 30.2 Å². The van der Waals surface area contributed by atoms with E-state index in [1.807, 2.05) is 18.2 Å². The first kappa shape index (κ1) is 23.5. The highest BCUT2D eigenvalue weighted by Gasteiger charge is 2.31. The van der Waals surface area contributed by atoms with Crippen LogP contribution >= 0.6 is 56.7 Å². The highest BCUT2D eigenvalue weighted by Crippen LogP contribution is 2.34. The van der Waals surface area contributed by atoms with Crippen molar-refractivity contribution in [3.05, 3.63) is 32.7 Å². The van der Waals surface area contributed by atoms with Crippen molar-refractivity contribution in [2.75, 3.05) is 26.2 Å². The summed E-state index contributed by atoms with van der Waals surface area (Å²) in [5.74, 6) is 0. The first-order chi connectivity index (χ1) is 9.85. The molecule has 1 saturated heterocycles. The fourth-order valence-electron chi connectivity index (χ4n) is 2.62. The summed E-state index contributed by atoms with van der Waals surface area (Å²) in [7, 11) is 0. The summed E-state index contributed by atoms with van der Waals surface area (Å²) in [5, 5.41) is 3.23. The Labute approximate surface area is 163 Å². The molecule has 23 heavy (non-hydrogen) atoms. The summed E-state index contributed by atoms with van der Waals surface area (Å²) in [6.45, 7) is 3.18. The first-order valence-corrected chi connectivity index (χ1v) is 8.41. The Morgan fingerprint density at radius 2 is 1.57 bits per heavy atom. The normalized spacial score (nSPS) is 17.1. The minimum absolute atomic E-state index is 0. The Morgan fingerprint density at radius 3 is 2.04 bits per heavy atom. The molecule has 0 amide bonds. The molecular weight excluding hydrogens is 484 g/mol. The molecule has 0 bridgehead atoms. The summed E-state index contributed by atoms with van der Waals surface area (Å²) in [6.07, 6.45) is -4.78. The van der Waals surface area contributed by atoms with Crippen LogP contribution in [0.1, 0.15) is 24.4 Å². The van der Waals surface area contributed by atoms with Crippen molar-refractivity contribution < 1.29 is 13.2 Å². The molecule has 1 fully saturated rings. The predicted molar refractivity (Wildman–Crippen MR) is 98.8 cm³/mol. The molecule has 134 valence electrons. The molecule has 1 aromatic carbocycles. The van der Waals surface area contributed by atoms with Crippen molar-refractivity contribution in [3.63, 3.8) is 0 Å². The smallest absolute Gasteiger partial charge is 0.314 e. The fourth-order valence-corrected chi connectivity index (χ4v) is 3.95. The third-order valence-electron chi connectivity index (χ3n) is 3.56. The zero-order valence-electron chi connectivity index (χ0n) is 12.2. The Hall–Kier alpha value is 0.470. The van der Waals surface area contributed by atoms with Gasteiger partial charge in [0.1, 0.15) is 0 Å². The SMILES string of the molecule is Cl.Cl.FC(F)(F)CC[C@@H](c1cc(Br)cc(Br)c1)N1CCNCC1. The number of halogens is 7. The summed E-state index contributed by atoms with van der Waals surface area (Å²) in [5.41, 5.74) is 0.919. The number of alkyl halides is 3. The monoisotopic (exact) mass is 500 g/mol. The molecule has 1 atom stereocenters. The number of nitrogens with zero attached hydrogens (tertiary/aromatic N) is 1. The molecule has 1 aromatic rings. The van der Waals surface area contributed by atoms with Gasteiger partial charge in [-0.1, -0.05) is 31.9 Å². The van der Waals surface area contributed by atoms with E-state index in [9.17, 15) is 13.2 Å². The molecule has 0 unspecified atom stereocenters. The quantitative estimate of drug-likeness (QED) is 0.597. The lowest BCUT2D eigenvalue weighted by molar-refractivity contribution is -0.138. The summed E-state index contributed by atoms with van der Waals surface area (Å²) < 4.78 is 39.6. The van der Waals surface area contributed by atoms with Crippen LogP contribution in [0.3, 0.4) is 0 Å². The van der Waals surface area contributed by atoms with Gasteiger partial charge in [-0.3, -0.25) is 4.90 Å². The molecule has 2 rings (SSSR count). The van der Waals surface area contributed by atoms with E-state index in [0.29, 0.717) is 0 Å². The Bertz CT molecular complexity index is 463. The van der Waals surface area contributed by atoms with Crippen LogP contribution in [0.4, 0.5) is 13.2 Å². The van der Waals surface area contributed by atoms with Crippen LogP contribution in [-0.4, -0.2) is 37.3 Å². The van der Waals surface area contributed by atoms with Crippen molar-refractivity contribution in [2.45, 2.75) is 25.1 Å². The molecule has 1 N–H and O–H groups in total. The molecule has 1 heterocycles. The Balaban J connectivity index is 0.00000242. The maximum absolute atomic E-state index is 12.6. The summed E-state index contributed by atoms with van der Waals surface area (Å²) in [6, 6.07) is 5.51. The van der Waals surface area contributed by atoms with Crippen LogP contribution in [0.2, 0.25) is 0 Å². The average molecular weight is 503 g/mol. The van der Waals surface area contributed by atoms with E-state index in [1.54, 1.807) is 0 Å². The van der Waals surface area contributed by atoms with E-state index in [1.165, 1.54) is 0 Å². The Morgan fingerprint density at radius 1 is 1.04 bits per heavy atom. The molecule has 0 aromatic heterocycles. The number of nitrogens with one attached hydrogen (secondary N) is 1. The average Bonchev–Trinajstić information content (AvgIpc) is 2.37. The molecule has 1 aliphatic rings. The number of benzene rings is 1. The Kier molecular flexibility index (Phi) is 10.7. The number of piperazine rings is 1. The largest absolute Gasteiger partial charge is 0.389 e. The maximum Gasteiger partial charge on any atom is 0.389 e. The maximum atomic E-state index is 12.6. The second-order valence-electron chi connectivity index (χ2n) is 5.16. The molecular formula is C14H19Br2Cl2F3N2. The van der Waals surface area contributed by atoms with Crippen LogP contribution in [0, 0.1) is 0 Å². The lowest BCUT2D eigenvalue weighted by Crippen LogP contribution is -2.45. The molecule has 2 nitrogen and oxygen atoms in total. The van der Waals surface area contributed by atoms with E-state index < -0.39 is 12.6 Å². The number of hydrogen-bond donors (Lipinski definition) is 1. The first-order valence-electron chi connectivity index (χ1n) is 6.83. The molecule has 0 spiro atoms. The molecule has 0 radical (unpaired) electrons. The summed E-state index contributed by atoms with van der Waals surface area (Å²) in [4.78, 5) is 2.14. The standard InChI is InChI=1S/C14H17Br2F3N2.2ClH/c15-11-7-10(8-12(16)9-11)13(1-2-14(17,18)19)21-5-3-20-4-6-21;;/h7-9,13,20H,1-6H2;2*1H/t13-;;/m0../s1. The molecule has 1 aliphatic heterocycles. The zero-order valence-corrected chi connectivity index (χ0v) is 17.0. The van der Waals surface area contributed by atoms with E-state index in [0.717, 1.165) is 40.7 Å². The van der Waals surface area contributed by atoms with Crippen molar-refractivity contribution >= 4 is 56.7 Å². The minimum atomic E-state index is -4.12. The third kappa shape index (κ3) is 7.92. The zero-order chi connectivity index (χ0) is 15.5. The second kappa shape index (κ2) is 10.5. The lowest BCUT2D eigenvalue weighted by Gasteiger charge is -2.35.